The normalized spacial score (nSPS) is 10.5. The van der Waals surface area contributed by atoms with E-state index in [0.29, 0.717) is 17.9 Å². The largest absolute Gasteiger partial charge is 0.421 e. The summed E-state index contributed by atoms with van der Waals surface area (Å²) in [6.07, 6.45) is 0.640. The summed E-state index contributed by atoms with van der Waals surface area (Å²) >= 11 is 3.26. The van der Waals surface area contributed by atoms with E-state index in [9.17, 15) is 4.39 Å². The number of aryl methyl sites for hydroxylation is 1. The number of alkyl halides is 1. The van der Waals surface area contributed by atoms with Gasteiger partial charge in [-0.05, 0) is 12.1 Å². The van der Waals surface area contributed by atoms with E-state index in [-0.39, 0.29) is 11.7 Å². The molecular weight excluding hydrogens is 263 g/mol. The standard InChI is InChI=1S/C10H8BrFN2O/c11-6-5-9-13-14-10(15-9)7-3-1-2-4-8(7)12/h1-4H,5-6H2. The second-order valence-corrected chi connectivity index (χ2v) is 3.71. The number of benzene rings is 1. The van der Waals surface area contributed by atoms with Crippen LogP contribution in [0.15, 0.2) is 28.7 Å². The molecule has 0 fully saturated rings. The summed E-state index contributed by atoms with van der Waals surface area (Å²) in [6.45, 7) is 0. The van der Waals surface area contributed by atoms with E-state index >= 15 is 0 Å². The molecule has 0 N–H and O–H groups in total. The van der Waals surface area contributed by atoms with Crippen LogP contribution in [0.3, 0.4) is 0 Å². The van der Waals surface area contributed by atoms with Gasteiger partial charge < -0.3 is 4.42 Å². The molecule has 1 heterocycles. The maximum atomic E-state index is 13.3. The summed E-state index contributed by atoms with van der Waals surface area (Å²) in [7, 11) is 0. The molecule has 0 aliphatic heterocycles. The van der Waals surface area contributed by atoms with Gasteiger partial charge >= 0.3 is 0 Å². The minimum Gasteiger partial charge on any atom is -0.421 e. The lowest BCUT2D eigenvalue weighted by molar-refractivity contribution is 0.509. The second-order valence-electron chi connectivity index (χ2n) is 2.92. The number of hydrogen-bond donors (Lipinski definition) is 0. The van der Waals surface area contributed by atoms with Crippen molar-refractivity contribution >= 4 is 15.9 Å². The number of rotatable bonds is 3. The predicted molar refractivity (Wildman–Crippen MR) is 57.2 cm³/mol. The number of nitrogens with zero attached hydrogens (tertiary/aromatic N) is 2. The van der Waals surface area contributed by atoms with Crippen LogP contribution >= 0.6 is 15.9 Å². The van der Waals surface area contributed by atoms with E-state index in [4.69, 9.17) is 4.42 Å². The second kappa shape index (κ2) is 4.53. The average molecular weight is 271 g/mol. The van der Waals surface area contributed by atoms with Gasteiger partial charge in [-0.25, -0.2) is 4.39 Å². The summed E-state index contributed by atoms with van der Waals surface area (Å²) in [6, 6.07) is 6.33. The van der Waals surface area contributed by atoms with E-state index in [1.807, 2.05) is 0 Å². The van der Waals surface area contributed by atoms with Crippen molar-refractivity contribution < 1.29 is 8.81 Å². The molecule has 0 bridgehead atoms. The van der Waals surface area contributed by atoms with Crippen LogP contribution in [0.4, 0.5) is 4.39 Å². The lowest BCUT2D eigenvalue weighted by Crippen LogP contribution is -1.83. The van der Waals surface area contributed by atoms with Crippen LogP contribution in [0.1, 0.15) is 5.89 Å². The zero-order valence-electron chi connectivity index (χ0n) is 7.78. The molecule has 0 radical (unpaired) electrons. The van der Waals surface area contributed by atoms with E-state index < -0.39 is 0 Å². The summed E-state index contributed by atoms with van der Waals surface area (Å²) in [5.41, 5.74) is 0.339. The molecular formula is C10H8BrFN2O. The van der Waals surface area contributed by atoms with Gasteiger partial charge in [-0.2, -0.15) is 0 Å². The van der Waals surface area contributed by atoms with Crippen molar-refractivity contribution in [3.63, 3.8) is 0 Å². The fourth-order valence-corrected chi connectivity index (χ4v) is 1.52. The fraction of sp³-hybridized carbons (Fsp3) is 0.200. The maximum absolute atomic E-state index is 13.3. The van der Waals surface area contributed by atoms with Gasteiger partial charge in [0.2, 0.25) is 5.89 Å². The fourth-order valence-electron chi connectivity index (χ4n) is 1.18. The lowest BCUT2D eigenvalue weighted by atomic mass is 10.2. The smallest absolute Gasteiger partial charge is 0.250 e. The number of halogens is 2. The minimum atomic E-state index is -0.355. The van der Waals surface area contributed by atoms with Crippen LogP contribution in [0.25, 0.3) is 11.5 Å². The Morgan fingerprint density at radius 1 is 1.27 bits per heavy atom. The zero-order valence-corrected chi connectivity index (χ0v) is 9.37. The Bertz CT molecular complexity index is 458. The van der Waals surface area contributed by atoms with Gasteiger partial charge in [0.25, 0.3) is 5.89 Å². The number of hydrogen-bond acceptors (Lipinski definition) is 3. The van der Waals surface area contributed by atoms with Gasteiger partial charge in [-0.15, -0.1) is 10.2 Å². The first-order chi connectivity index (χ1) is 7.31. The van der Waals surface area contributed by atoms with Crippen molar-refractivity contribution in [2.24, 2.45) is 0 Å². The summed E-state index contributed by atoms with van der Waals surface area (Å²) in [5.74, 6) is 0.376. The third-order valence-corrected chi connectivity index (χ3v) is 2.28. The highest BCUT2D eigenvalue weighted by Gasteiger charge is 2.11. The summed E-state index contributed by atoms with van der Waals surface area (Å²) < 4.78 is 18.6. The van der Waals surface area contributed by atoms with Gasteiger partial charge in [-0.1, -0.05) is 28.1 Å². The minimum absolute atomic E-state index is 0.226. The molecule has 15 heavy (non-hydrogen) atoms. The van der Waals surface area contributed by atoms with Crippen molar-refractivity contribution in [3.8, 4) is 11.5 Å². The van der Waals surface area contributed by atoms with Crippen molar-refractivity contribution in [3.05, 3.63) is 36.0 Å². The molecule has 1 aromatic heterocycles. The quantitative estimate of drug-likeness (QED) is 0.806. The first-order valence-corrected chi connectivity index (χ1v) is 5.56. The highest BCUT2D eigenvalue weighted by Crippen LogP contribution is 2.20. The van der Waals surface area contributed by atoms with Crippen LogP contribution in [-0.2, 0) is 6.42 Å². The van der Waals surface area contributed by atoms with Gasteiger partial charge in [0.1, 0.15) is 5.82 Å². The summed E-state index contributed by atoms with van der Waals surface area (Å²) in [4.78, 5) is 0. The topological polar surface area (TPSA) is 38.9 Å². The Morgan fingerprint density at radius 3 is 2.80 bits per heavy atom. The van der Waals surface area contributed by atoms with Crippen molar-refractivity contribution in [1.82, 2.24) is 10.2 Å². The van der Waals surface area contributed by atoms with Crippen molar-refractivity contribution in [1.29, 1.82) is 0 Å². The van der Waals surface area contributed by atoms with Crippen LogP contribution in [-0.4, -0.2) is 15.5 Å². The highest BCUT2D eigenvalue weighted by atomic mass is 79.9. The molecule has 0 aliphatic carbocycles. The van der Waals surface area contributed by atoms with Crippen LogP contribution in [0.2, 0.25) is 0 Å². The molecule has 1 aromatic carbocycles. The van der Waals surface area contributed by atoms with Gasteiger partial charge in [0.15, 0.2) is 0 Å². The van der Waals surface area contributed by atoms with Gasteiger partial charge in [-0.3, -0.25) is 0 Å². The van der Waals surface area contributed by atoms with Crippen LogP contribution in [0.5, 0.6) is 0 Å². The lowest BCUT2D eigenvalue weighted by Gasteiger charge is -1.95. The van der Waals surface area contributed by atoms with E-state index in [1.54, 1.807) is 18.2 Å². The average Bonchev–Trinajstić information content (AvgIpc) is 2.68. The van der Waals surface area contributed by atoms with Crippen molar-refractivity contribution in [2.75, 3.05) is 5.33 Å². The van der Waals surface area contributed by atoms with Crippen LogP contribution in [0, 0.1) is 5.82 Å². The third kappa shape index (κ3) is 2.23. The molecule has 0 atom stereocenters. The predicted octanol–water partition coefficient (Wildman–Crippen LogP) is 2.81. The van der Waals surface area contributed by atoms with E-state index in [0.717, 1.165) is 5.33 Å². The SMILES string of the molecule is Fc1ccccc1-c1nnc(CCBr)o1. The Balaban J connectivity index is 2.33. The van der Waals surface area contributed by atoms with E-state index in [2.05, 4.69) is 26.1 Å². The molecule has 0 unspecified atom stereocenters. The third-order valence-electron chi connectivity index (χ3n) is 1.88. The maximum Gasteiger partial charge on any atom is 0.250 e. The Kier molecular flexibility index (Phi) is 3.11. The zero-order chi connectivity index (χ0) is 10.7. The Hall–Kier alpha value is -1.23. The van der Waals surface area contributed by atoms with Gasteiger partial charge in [0, 0.05) is 11.8 Å². The Morgan fingerprint density at radius 2 is 2.07 bits per heavy atom. The molecule has 5 heteroatoms. The molecule has 3 nitrogen and oxygen atoms in total. The van der Waals surface area contributed by atoms with E-state index in [1.165, 1.54) is 6.07 Å². The Labute approximate surface area is 94.5 Å². The van der Waals surface area contributed by atoms with Gasteiger partial charge in [0.05, 0.1) is 5.56 Å². The number of aromatic nitrogens is 2. The monoisotopic (exact) mass is 270 g/mol. The molecule has 0 saturated carbocycles. The summed E-state index contributed by atoms with van der Waals surface area (Å²) in [5, 5.41) is 8.34. The molecule has 0 saturated heterocycles. The highest BCUT2D eigenvalue weighted by molar-refractivity contribution is 9.09. The molecule has 2 aromatic rings. The van der Waals surface area contributed by atoms with Crippen molar-refractivity contribution in [2.45, 2.75) is 6.42 Å². The molecule has 78 valence electrons. The molecule has 0 amide bonds. The first kappa shape index (κ1) is 10.3. The molecule has 0 aliphatic rings. The van der Waals surface area contributed by atoms with Crippen LogP contribution < -0.4 is 0 Å². The molecule has 0 spiro atoms. The first-order valence-electron chi connectivity index (χ1n) is 4.44. The molecule has 2 rings (SSSR count).